The number of hydrogen-bond donors (Lipinski definition) is 2. The summed E-state index contributed by atoms with van der Waals surface area (Å²) in [5, 5.41) is 17.0. The Morgan fingerprint density at radius 3 is 1.12 bits per heavy atom. The Morgan fingerprint density at radius 1 is 0.425 bits per heavy atom. The molecule has 0 heterocycles. The lowest BCUT2D eigenvalue weighted by Gasteiger charge is -2.03. The van der Waals surface area contributed by atoms with Gasteiger partial charge in [-0.05, 0) is 51.4 Å². The molecule has 2 N–H and O–H groups in total. The summed E-state index contributed by atoms with van der Waals surface area (Å²) >= 11 is 0. The van der Waals surface area contributed by atoms with Crippen LogP contribution in [-0.4, -0.2) is 22.2 Å². The number of allylic oxidation sites excluding steroid dienone is 8. The zero-order chi connectivity index (χ0) is 29.8. The molecule has 0 atom stereocenters. The molecule has 4 nitrogen and oxygen atoms in total. The van der Waals surface area contributed by atoms with E-state index in [0.717, 1.165) is 57.8 Å². The molecule has 0 amide bonds. The molecule has 40 heavy (non-hydrogen) atoms. The van der Waals surface area contributed by atoms with E-state index in [9.17, 15) is 9.59 Å². The van der Waals surface area contributed by atoms with Crippen molar-refractivity contribution in [1.29, 1.82) is 0 Å². The largest absolute Gasteiger partial charge is 0.481 e. The van der Waals surface area contributed by atoms with Crippen molar-refractivity contribution in [3.05, 3.63) is 48.6 Å². The molecule has 0 aromatic carbocycles. The molecule has 0 aromatic heterocycles. The van der Waals surface area contributed by atoms with Crippen LogP contribution < -0.4 is 0 Å². The lowest BCUT2D eigenvalue weighted by Crippen LogP contribution is -1.93. The van der Waals surface area contributed by atoms with Gasteiger partial charge in [0.15, 0.2) is 0 Å². The summed E-state index contributed by atoms with van der Waals surface area (Å²) in [6, 6.07) is 0. The fraction of sp³-hybridized carbons (Fsp3) is 0.722. The first-order valence-electron chi connectivity index (χ1n) is 16.6. The molecular weight excluding hydrogens is 496 g/mol. The third kappa shape index (κ3) is 43.0. The van der Waals surface area contributed by atoms with Gasteiger partial charge in [0.1, 0.15) is 0 Å². The average molecular weight is 561 g/mol. The summed E-state index contributed by atoms with van der Waals surface area (Å²) in [4.78, 5) is 20.6. The van der Waals surface area contributed by atoms with E-state index in [-0.39, 0.29) is 6.42 Å². The second-order valence-corrected chi connectivity index (χ2v) is 10.7. The minimum Gasteiger partial charge on any atom is -0.481 e. The molecule has 0 saturated heterocycles. The van der Waals surface area contributed by atoms with Crippen LogP contribution in [0.5, 0.6) is 0 Å². The lowest BCUT2D eigenvalue weighted by molar-refractivity contribution is -0.138. The van der Waals surface area contributed by atoms with Crippen molar-refractivity contribution in [2.75, 3.05) is 0 Å². The normalized spacial score (nSPS) is 11.7. The number of carboxylic acid groups (broad SMARTS) is 2. The molecule has 0 aliphatic carbocycles. The Labute approximate surface area is 248 Å². The van der Waals surface area contributed by atoms with E-state index in [1.165, 1.54) is 83.5 Å². The van der Waals surface area contributed by atoms with Crippen LogP contribution in [0, 0.1) is 0 Å². The summed E-state index contributed by atoms with van der Waals surface area (Å²) in [6.45, 7) is 4.41. The van der Waals surface area contributed by atoms with Crippen LogP contribution in [0.1, 0.15) is 168 Å². The second-order valence-electron chi connectivity index (χ2n) is 10.7. The number of unbranched alkanes of at least 4 members (excludes halogenated alkanes) is 16. The van der Waals surface area contributed by atoms with Gasteiger partial charge in [-0.1, -0.05) is 152 Å². The van der Waals surface area contributed by atoms with Gasteiger partial charge < -0.3 is 10.2 Å². The van der Waals surface area contributed by atoms with Gasteiger partial charge in [0.25, 0.3) is 0 Å². The number of aliphatic carboxylic acids is 2. The quantitative estimate of drug-likeness (QED) is 0.0737. The van der Waals surface area contributed by atoms with E-state index < -0.39 is 11.9 Å². The average Bonchev–Trinajstić information content (AvgIpc) is 2.93. The molecule has 0 spiro atoms. The highest BCUT2D eigenvalue weighted by atomic mass is 16.4. The Hall–Kier alpha value is -2.10. The molecule has 232 valence electrons. The van der Waals surface area contributed by atoms with Crippen molar-refractivity contribution in [3.63, 3.8) is 0 Å². The van der Waals surface area contributed by atoms with E-state index in [4.69, 9.17) is 10.2 Å². The topological polar surface area (TPSA) is 74.6 Å². The van der Waals surface area contributed by atoms with Gasteiger partial charge in [0.05, 0.1) is 0 Å². The maximum Gasteiger partial charge on any atom is 0.303 e. The van der Waals surface area contributed by atoms with Crippen LogP contribution >= 0.6 is 0 Å². The molecule has 4 heteroatoms. The highest BCUT2D eigenvalue weighted by Crippen LogP contribution is 2.13. The molecule has 0 fully saturated rings. The highest BCUT2D eigenvalue weighted by molar-refractivity contribution is 5.66. The molecule has 0 rings (SSSR count). The van der Waals surface area contributed by atoms with Crippen molar-refractivity contribution < 1.29 is 19.8 Å². The van der Waals surface area contributed by atoms with Gasteiger partial charge >= 0.3 is 11.9 Å². The molecule has 0 aliphatic rings. The summed E-state index contributed by atoms with van der Waals surface area (Å²) in [6.07, 6.45) is 44.6. The minimum atomic E-state index is -0.699. The van der Waals surface area contributed by atoms with Gasteiger partial charge in [0.2, 0.25) is 0 Å². The van der Waals surface area contributed by atoms with Crippen LogP contribution in [0.25, 0.3) is 0 Å². The van der Waals surface area contributed by atoms with E-state index in [1.54, 1.807) is 0 Å². The third-order valence-electron chi connectivity index (χ3n) is 6.72. The molecule has 0 radical (unpaired) electrons. The smallest absolute Gasteiger partial charge is 0.303 e. The first kappa shape index (κ1) is 40.0. The fourth-order valence-corrected chi connectivity index (χ4v) is 4.28. The first-order chi connectivity index (χ1) is 19.5. The second kappa shape index (κ2) is 36.9. The molecular formula is C36H64O4. The molecule has 0 aromatic rings. The summed E-state index contributed by atoms with van der Waals surface area (Å²) in [5.74, 6) is -1.35. The van der Waals surface area contributed by atoms with Crippen molar-refractivity contribution in [2.24, 2.45) is 0 Å². The molecule has 0 saturated carbocycles. The van der Waals surface area contributed by atoms with Gasteiger partial charge in [0, 0.05) is 12.8 Å². The Kier molecular flexibility index (Phi) is 36.9. The van der Waals surface area contributed by atoms with Gasteiger partial charge in [-0.15, -0.1) is 0 Å². The number of rotatable bonds is 28. The van der Waals surface area contributed by atoms with Crippen LogP contribution in [0.4, 0.5) is 0 Å². The van der Waals surface area contributed by atoms with Crippen LogP contribution in [-0.2, 0) is 9.59 Å². The zero-order valence-electron chi connectivity index (χ0n) is 26.3. The van der Waals surface area contributed by atoms with Crippen molar-refractivity contribution in [3.8, 4) is 0 Å². The number of carbonyl (C=O) groups is 2. The molecule has 0 unspecified atom stereocenters. The maximum atomic E-state index is 10.3. The van der Waals surface area contributed by atoms with Gasteiger partial charge in [-0.3, -0.25) is 9.59 Å². The standard InChI is InChI=1S/C18H36O2.C18H28O2/c2*1-2-3-4-5-6-7-8-9-10-11-12-13-14-15-16-17-18(19)20/h2-17H2,1H3,(H,19,20);3-4,6-7,9-10,12-13H,2,5,8,11,14-17H2,1H3,(H,19,20). The van der Waals surface area contributed by atoms with E-state index in [1.807, 2.05) is 0 Å². The van der Waals surface area contributed by atoms with Gasteiger partial charge in [-0.2, -0.15) is 0 Å². The van der Waals surface area contributed by atoms with Crippen molar-refractivity contribution in [1.82, 2.24) is 0 Å². The van der Waals surface area contributed by atoms with Crippen molar-refractivity contribution >= 4 is 11.9 Å². The number of carboxylic acids is 2. The Bertz CT molecular complexity index is 645. The predicted molar refractivity (Wildman–Crippen MR) is 174 cm³/mol. The molecule has 0 aliphatic heterocycles. The summed E-state index contributed by atoms with van der Waals surface area (Å²) in [5.41, 5.74) is 0. The Balaban J connectivity index is 0. The van der Waals surface area contributed by atoms with Crippen LogP contribution in [0.15, 0.2) is 48.6 Å². The van der Waals surface area contributed by atoms with E-state index in [0.29, 0.717) is 6.42 Å². The van der Waals surface area contributed by atoms with Crippen molar-refractivity contribution in [2.45, 2.75) is 168 Å². The van der Waals surface area contributed by atoms with Gasteiger partial charge in [-0.25, -0.2) is 0 Å². The lowest BCUT2D eigenvalue weighted by atomic mass is 10.0. The van der Waals surface area contributed by atoms with E-state index in [2.05, 4.69) is 62.5 Å². The third-order valence-corrected chi connectivity index (χ3v) is 6.72. The fourth-order valence-electron chi connectivity index (χ4n) is 4.28. The minimum absolute atomic E-state index is 0.285. The molecule has 0 bridgehead atoms. The number of hydrogen-bond acceptors (Lipinski definition) is 2. The predicted octanol–water partition coefficient (Wildman–Crippen LogP) is 11.8. The summed E-state index contributed by atoms with van der Waals surface area (Å²) in [7, 11) is 0. The van der Waals surface area contributed by atoms with Crippen LogP contribution in [0.3, 0.4) is 0 Å². The van der Waals surface area contributed by atoms with E-state index >= 15 is 0 Å². The monoisotopic (exact) mass is 560 g/mol. The SMILES string of the molecule is CCC=CCC=CCC=CCC=CCCCCC(=O)O.CCCCCCCCCCCCCCCCCC(=O)O. The summed E-state index contributed by atoms with van der Waals surface area (Å²) < 4.78 is 0. The first-order valence-corrected chi connectivity index (χ1v) is 16.6. The maximum absolute atomic E-state index is 10.3. The zero-order valence-corrected chi connectivity index (χ0v) is 26.3. The Morgan fingerprint density at radius 2 is 0.750 bits per heavy atom. The van der Waals surface area contributed by atoms with Crippen LogP contribution in [0.2, 0.25) is 0 Å². The highest BCUT2D eigenvalue weighted by Gasteiger charge is 1.97.